The smallest absolute Gasteiger partial charge is 0.169 e. The Hall–Kier alpha value is -3.05. The van der Waals surface area contributed by atoms with Crippen LogP contribution in [0.4, 0.5) is 0 Å². The Labute approximate surface area is 182 Å². The highest BCUT2D eigenvalue weighted by atomic mass is 32.1. The normalized spacial score (nSPS) is 13.4. The molecule has 3 aromatic rings. The van der Waals surface area contributed by atoms with E-state index in [0.29, 0.717) is 6.54 Å². The van der Waals surface area contributed by atoms with Gasteiger partial charge < -0.3 is 20.4 Å². The zero-order valence-corrected chi connectivity index (χ0v) is 17.7. The van der Waals surface area contributed by atoms with Gasteiger partial charge in [0.15, 0.2) is 16.6 Å². The lowest BCUT2D eigenvalue weighted by molar-refractivity contribution is 0.397. The van der Waals surface area contributed by atoms with E-state index in [9.17, 15) is 10.2 Å². The second-order valence-corrected chi connectivity index (χ2v) is 8.07. The highest BCUT2D eigenvalue weighted by Gasteiger charge is 2.18. The van der Waals surface area contributed by atoms with Crippen LogP contribution < -0.4 is 5.32 Å². The molecule has 0 unspecified atom stereocenters. The van der Waals surface area contributed by atoms with Crippen molar-refractivity contribution >= 4 is 17.3 Å². The Morgan fingerprint density at radius 2 is 1.57 bits per heavy atom. The summed E-state index contributed by atoms with van der Waals surface area (Å²) in [4.78, 5) is 2.14. The SMILES string of the molecule is Oc1cc2c(cc1O)CN(C(=S)NCCc1ccc(-c3ccccc3)cc1)CCC2. The number of nitrogens with one attached hydrogen (secondary N) is 1. The molecular formula is C25H26N2O2S. The van der Waals surface area contributed by atoms with E-state index in [4.69, 9.17) is 12.2 Å². The lowest BCUT2D eigenvalue weighted by Crippen LogP contribution is -2.40. The fraction of sp³-hybridized carbons (Fsp3) is 0.240. The third-order valence-corrected chi connectivity index (χ3v) is 5.97. The molecule has 0 atom stereocenters. The van der Waals surface area contributed by atoms with Gasteiger partial charge in [-0.05, 0) is 71.4 Å². The number of benzene rings is 3. The molecule has 0 fully saturated rings. The van der Waals surface area contributed by atoms with E-state index >= 15 is 0 Å². The summed E-state index contributed by atoms with van der Waals surface area (Å²) in [5.41, 5.74) is 5.81. The summed E-state index contributed by atoms with van der Waals surface area (Å²) in [5, 5.41) is 23.7. The second-order valence-electron chi connectivity index (χ2n) is 7.68. The summed E-state index contributed by atoms with van der Waals surface area (Å²) in [6.07, 6.45) is 2.73. The molecule has 0 aromatic heterocycles. The summed E-state index contributed by atoms with van der Waals surface area (Å²) in [6, 6.07) is 22.4. The summed E-state index contributed by atoms with van der Waals surface area (Å²) in [6.45, 7) is 2.27. The number of aromatic hydroxyl groups is 2. The lowest BCUT2D eigenvalue weighted by Gasteiger charge is -2.24. The van der Waals surface area contributed by atoms with Crippen LogP contribution >= 0.6 is 12.2 Å². The molecule has 0 aliphatic carbocycles. The van der Waals surface area contributed by atoms with Gasteiger partial charge >= 0.3 is 0 Å². The molecule has 1 aliphatic rings. The van der Waals surface area contributed by atoms with Gasteiger partial charge in [-0.3, -0.25) is 0 Å². The minimum atomic E-state index is -0.0755. The molecule has 0 saturated carbocycles. The minimum absolute atomic E-state index is 0.0545. The van der Waals surface area contributed by atoms with Crippen molar-refractivity contribution in [3.8, 4) is 22.6 Å². The van der Waals surface area contributed by atoms with Crippen LogP contribution in [0.3, 0.4) is 0 Å². The number of phenolic OH excluding ortho intramolecular Hbond substituents is 2. The first-order chi connectivity index (χ1) is 14.6. The molecule has 3 N–H and O–H groups in total. The van der Waals surface area contributed by atoms with Crippen LogP contribution in [-0.2, 0) is 19.4 Å². The number of nitrogens with zero attached hydrogens (tertiary/aromatic N) is 1. The molecule has 5 heteroatoms. The molecule has 30 heavy (non-hydrogen) atoms. The van der Waals surface area contributed by atoms with Crippen LogP contribution in [-0.4, -0.2) is 33.3 Å². The molecule has 0 bridgehead atoms. The van der Waals surface area contributed by atoms with E-state index in [-0.39, 0.29) is 11.5 Å². The van der Waals surface area contributed by atoms with Crippen molar-refractivity contribution in [1.29, 1.82) is 0 Å². The topological polar surface area (TPSA) is 55.7 Å². The van der Waals surface area contributed by atoms with Crippen molar-refractivity contribution in [3.63, 3.8) is 0 Å². The van der Waals surface area contributed by atoms with Crippen molar-refractivity contribution in [2.24, 2.45) is 0 Å². The number of aryl methyl sites for hydroxylation is 1. The van der Waals surface area contributed by atoms with E-state index in [1.165, 1.54) is 16.7 Å². The standard InChI is InChI=1S/C25H26N2O2S/c28-23-15-21-7-4-14-27(17-22(21)16-24(23)29)25(30)26-13-12-18-8-10-20(11-9-18)19-5-2-1-3-6-19/h1-3,5-6,8-11,15-16,28-29H,4,7,12-14,17H2,(H,26,30). The average molecular weight is 419 g/mol. The first kappa shape index (κ1) is 20.2. The molecule has 1 heterocycles. The Bertz CT molecular complexity index is 1020. The molecule has 1 aliphatic heterocycles. The number of hydrogen-bond donors (Lipinski definition) is 3. The quantitative estimate of drug-likeness (QED) is 0.426. The molecule has 0 spiro atoms. The molecular weight excluding hydrogens is 392 g/mol. The van der Waals surface area contributed by atoms with Gasteiger partial charge in [-0.15, -0.1) is 0 Å². The van der Waals surface area contributed by atoms with E-state index < -0.39 is 0 Å². The summed E-state index contributed by atoms with van der Waals surface area (Å²) in [7, 11) is 0. The zero-order valence-electron chi connectivity index (χ0n) is 16.8. The van der Waals surface area contributed by atoms with E-state index in [0.717, 1.165) is 48.6 Å². The minimum Gasteiger partial charge on any atom is -0.504 e. The van der Waals surface area contributed by atoms with Crippen LogP contribution in [0.15, 0.2) is 66.7 Å². The van der Waals surface area contributed by atoms with Crippen molar-refractivity contribution in [1.82, 2.24) is 10.2 Å². The van der Waals surface area contributed by atoms with Crippen LogP contribution in [0.5, 0.6) is 11.5 Å². The molecule has 4 rings (SSSR count). The molecule has 4 nitrogen and oxygen atoms in total. The van der Waals surface area contributed by atoms with Gasteiger partial charge in [0, 0.05) is 19.6 Å². The third-order valence-electron chi connectivity index (χ3n) is 5.57. The molecule has 0 amide bonds. The molecule has 3 aromatic carbocycles. The fourth-order valence-corrected chi connectivity index (χ4v) is 4.14. The maximum atomic E-state index is 9.83. The van der Waals surface area contributed by atoms with E-state index in [1.807, 2.05) is 6.07 Å². The highest BCUT2D eigenvalue weighted by Crippen LogP contribution is 2.31. The Kier molecular flexibility index (Phi) is 6.19. The summed E-state index contributed by atoms with van der Waals surface area (Å²) < 4.78 is 0. The number of thiocarbonyl (C=S) groups is 1. The van der Waals surface area contributed by atoms with Gasteiger partial charge in [0.1, 0.15) is 0 Å². The summed E-state index contributed by atoms with van der Waals surface area (Å²) in [5.74, 6) is -0.130. The summed E-state index contributed by atoms with van der Waals surface area (Å²) >= 11 is 5.62. The maximum absolute atomic E-state index is 9.83. The van der Waals surface area contributed by atoms with Gasteiger partial charge in [-0.1, -0.05) is 54.6 Å². The van der Waals surface area contributed by atoms with Crippen molar-refractivity contribution in [3.05, 3.63) is 83.4 Å². The van der Waals surface area contributed by atoms with Crippen molar-refractivity contribution in [2.45, 2.75) is 25.8 Å². The Morgan fingerprint density at radius 1 is 0.900 bits per heavy atom. The van der Waals surface area contributed by atoms with Crippen LogP contribution in [0.25, 0.3) is 11.1 Å². The van der Waals surface area contributed by atoms with Gasteiger partial charge in [-0.25, -0.2) is 0 Å². The van der Waals surface area contributed by atoms with E-state index in [2.05, 4.69) is 58.7 Å². The Balaban J connectivity index is 1.32. The van der Waals surface area contributed by atoms with Crippen LogP contribution in [0.1, 0.15) is 23.1 Å². The first-order valence-electron chi connectivity index (χ1n) is 10.3. The molecule has 0 radical (unpaired) electrons. The number of phenols is 2. The van der Waals surface area contributed by atoms with Crippen LogP contribution in [0, 0.1) is 0 Å². The highest BCUT2D eigenvalue weighted by molar-refractivity contribution is 7.80. The largest absolute Gasteiger partial charge is 0.504 e. The first-order valence-corrected chi connectivity index (χ1v) is 10.7. The number of rotatable bonds is 4. The lowest BCUT2D eigenvalue weighted by atomic mass is 10.0. The van der Waals surface area contributed by atoms with Crippen molar-refractivity contribution < 1.29 is 10.2 Å². The second kappa shape index (κ2) is 9.18. The van der Waals surface area contributed by atoms with Gasteiger partial charge in [-0.2, -0.15) is 0 Å². The number of fused-ring (bicyclic) bond motifs is 1. The average Bonchev–Trinajstić information content (AvgIpc) is 2.97. The maximum Gasteiger partial charge on any atom is 0.169 e. The van der Waals surface area contributed by atoms with Gasteiger partial charge in [0.25, 0.3) is 0 Å². The van der Waals surface area contributed by atoms with E-state index in [1.54, 1.807) is 12.1 Å². The third kappa shape index (κ3) is 4.74. The predicted octanol–water partition coefficient (Wildman–Crippen LogP) is 4.63. The van der Waals surface area contributed by atoms with Gasteiger partial charge in [0.05, 0.1) is 0 Å². The van der Waals surface area contributed by atoms with Gasteiger partial charge in [0.2, 0.25) is 0 Å². The van der Waals surface area contributed by atoms with Crippen molar-refractivity contribution in [2.75, 3.05) is 13.1 Å². The monoisotopic (exact) mass is 418 g/mol. The molecule has 154 valence electrons. The fourth-order valence-electron chi connectivity index (χ4n) is 3.88. The molecule has 0 saturated heterocycles. The van der Waals surface area contributed by atoms with Crippen LogP contribution in [0.2, 0.25) is 0 Å². The number of hydrogen-bond acceptors (Lipinski definition) is 3. The Morgan fingerprint density at radius 3 is 2.30 bits per heavy atom. The predicted molar refractivity (Wildman–Crippen MR) is 125 cm³/mol. The zero-order chi connectivity index (χ0) is 20.9.